The summed E-state index contributed by atoms with van der Waals surface area (Å²) in [6, 6.07) is 14.1. The lowest BCUT2D eigenvalue weighted by Crippen LogP contribution is -2.20. The van der Waals surface area contributed by atoms with E-state index in [0.29, 0.717) is 22.5 Å². The number of aromatic nitrogens is 2. The molecule has 0 aliphatic carbocycles. The highest BCUT2D eigenvalue weighted by molar-refractivity contribution is 9.10. The van der Waals surface area contributed by atoms with Crippen molar-refractivity contribution in [3.8, 4) is 0 Å². The summed E-state index contributed by atoms with van der Waals surface area (Å²) in [5.41, 5.74) is 4.24. The van der Waals surface area contributed by atoms with Gasteiger partial charge in [-0.15, -0.1) is 0 Å². The monoisotopic (exact) mass is 448 g/mol. The predicted octanol–water partition coefficient (Wildman–Crippen LogP) is 5.77. The van der Waals surface area contributed by atoms with Crippen LogP contribution in [0.2, 0.25) is 5.02 Å². The lowest BCUT2D eigenvalue weighted by molar-refractivity contribution is 0.689. The molecule has 0 spiro atoms. The van der Waals surface area contributed by atoms with Gasteiger partial charge < -0.3 is 10.6 Å². The molecule has 0 radical (unpaired) electrons. The third kappa shape index (κ3) is 4.63. The van der Waals surface area contributed by atoms with Gasteiger partial charge in [0.2, 0.25) is 0 Å². The molecule has 0 saturated carbocycles. The minimum absolute atomic E-state index is 0.455. The van der Waals surface area contributed by atoms with Gasteiger partial charge in [0.1, 0.15) is 0 Å². The van der Waals surface area contributed by atoms with E-state index in [-0.39, 0.29) is 0 Å². The van der Waals surface area contributed by atoms with E-state index in [9.17, 15) is 0 Å². The molecule has 4 nitrogen and oxygen atoms in total. The number of rotatable bonds is 4. The second-order valence-electron chi connectivity index (χ2n) is 6.00. The standard InChI is InChI=1S/C19H18BrClN4S/c1-12-6-8-14(9-7-12)10-25-11-15(20)18(24-25)23-19(26)22-17-5-3-4-16(21)13(17)2/h3-9,11H,10H2,1-2H3,(H2,22,23,24,26). The molecule has 0 fully saturated rings. The van der Waals surface area contributed by atoms with E-state index in [1.165, 1.54) is 11.1 Å². The third-order valence-electron chi connectivity index (χ3n) is 3.93. The molecule has 0 bridgehead atoms. The van der Waals surface area contributed by atoms with Gasteiger partial charge in [0, 0.05) is 16.9 Å². The number of hydrogen-bond acceptors (Lipinski definition) is 2. The van der Waals surface area contributed by atoms with E-state index < -0.39 is 0 Å². The van der Waals surface area contributed by atoms with E-state index in [0.717, 1.165) is 15.7 Å². The Morgan fingerprint density at radius 2 is 1.88 bits per heavy atom. The fourth-order valence-electron chi connectivity index (χ4n) is 2.45. The smallest absolute Gasteiger partial charge is 0.176 e. The molecule has 0 unspecified atom stereocenters. The van der Waals surface area contributed by atoms with Crippen LogP contribution in [-0.4, -0.2) is 14.9 Å². The molecule has 2 aromatic carbocycles. The minimum Gasteiger partial charge on any atom is -0.332 e. The third-order valence-corrected chi connectivity index (χ3v) is 5.12. The maximum absolute atomic E-state index is 6.15. The Labute approximate surface area is 171 Å². The van der Waals surface area contributed by atoms with Gasteiger partial charge in [-0.05, 0) is 65.3 Å². The highest BCUT2D eigenvalue weighted by atomic mass is 79.9. The summed E-state index contributed by atoms with van der Waals surface area (Å²) in [5.74, 6) is 0.661. The van der Waals surface area contributed by atoms with Gasteiger partial charge in [0.05, 0.1) is 11.0 Å². The van der Waals surface area contributed by atoms with Gasteiger partial charge in [-0.1, -0.05) is 47.5 Å². The molecule has 0 aliphatic rings. The number of nitrogens with one attached hydrogen (secondary N) is 2. The molecule has 1 aromatic heterocycles. The van der Waals surface area contributed by atoms with Crippen LogP contribution in [0, 0.1) is 13.8 Å². The van der Waals surface area contributed by atoms with Crippen molar-refractivity contribution in [2.75, 3.05) is 10.6 Å². The molecule has 134 valence electrons. The average Bonchev–Trinajstić information content (AvgIpc) is 2.93. The average molecular weight is 450 g/mol. The summed E-state index contributed by atoms with van der Waals surface area (Å²) < 4.78 is 2.71. The quantitative estimate of drug-likeness (QED) is 0.496. The molecular formula is C19H18BrClN4S. The molecule has 2 N–H and O–H groups in total. The van der Waals surface area contributed by atoms with Crippen molar-refractivity contribution < 1.29 is 0 Å². The van der Waals surface area contributed by atoms with Gasteiger partial charge in [0.15, 0.2) is 10.9 Å². The first-order valence-electron chi connectivity index (χ1n) is 8.04. The Kier molecular flexibility index (Phi) is 5.96. The zero-order valence-electron chi connectivity index (χ0n) is 14.4. The summed E-state index contributed by atoms with van der Waals surface area (Å²) in [6.07, 6.45) is 1.93. The maximum Gasteiger partial charge on any atom is 0.176 e. The summed E-state index contributed by atoms with van der Waals surface area (Å²) in [5, 5.41) is 12.0. The molecular weight excluding hydrogens is 432 g/mol. The van der Waals surface area contributed by atoms with Crippen LogP contribution < -0.4 is 10.6 Å². The summed E-state index contributed by atoms with van der Waals surface area (Å²) >= 11 is 15.1. The van der Waals surface area contributed by atoms with E-state index in [2.05, 4.69) is 62.9 Å². The highest BCUT2D eigenvalue weighted by Crippen LogP contribution is 2.24. The van der Waals surface area contributed by atoms with Crippen molar-refractivity contribution >= 4 is 56.4 Å². The molecule has 0 aliphatic heterocycles. The number of anilines is 2. The summed E-state index contributed by atoms with van der Waals surface area (Å²) in [4.78, 5) is 0. The summed E-state index contributed by atoms with van der Waals surface area (Å²) in [6.45, 7) is 4.71. The fraction of sp³-hybridized carbons (Fsp3) is 0.158. The highest BCUT2D eigenvalue weighted by Gasteiger charge is 2.10. The number of halogens is 2. The van der Waals surface area contributed by atoms with Crippen LogP contribution in [0.3, 0.4) is 0 Å². The normalized spacial score (nSPS) is 10.6. The fourth-order valence-corrected chi connectivity index (χ4v) is 3.24. The number of benzene rings is 2. The van der Waals surface area contributed by atoms with Crippen LogP contribution in [-0.2, 0) is 6.54 Å². The minimum atomic E-state index is 0.455. The van der Waals surface area contributed by atoms with Crippen molar-refractivity contribution in [2.45, 2.75) is 20.4 Å². The van der Waals surface area contributed by atoms with Crippen molar-refractivity contribution in [1.29, 1.82) is 0 Å². The molecule has 0 amide bonds. The number of hydrogen-bond donors (Lipinski definition) is 2. The van der Waals surface area contributed by atoms with Gasteiger partial charge in [-0.3, -0.25) is 4.68 Å². The van der Waals surface area contributed by atoms with Gasteiger partial charge in [-0.2, -0.15) is 5.10 Å². The van der Waals surface area contributed by atoms with Crippen LogP contribution in [0.1, 0.15) is 16.7 Å². The molecule has 3 aromatic rings. The number of nitrogens with zero attached hydrogens (tertiary/aromatic N) is 2. The Balaban J connectivity index is 1.68. The first kappa shape index (κ1) is 18.9. The summed E-state index contributed by atoms with van der Waals surface area (Å²) in [7, 11) is 0. The largest absolute Gasteiger partial charge is 0.332 e. The van der Waals surface area contributed by atoms with Crippen LogP contribution in [0.4, 0.5) is 11.5 Å². The topological polar surface area (TPSA) is 41.9 Å². The molecule has 1 heterocycles. The van der Waals surface area contributed by atoms with E-state index in [4.69, 9.17) is 23.8 Å². The number of aryl methyl sites for hydroxylation is 1. The van der Waals surface area contributed by atoms with Crippen molar-refractivity contribution in [2.24, 2.45) is 0 Å². The van der Waals surface area contributed by atoms with E-state index >= 15 is 0 Å². The molecule has 26 heavy (non-hydrogen) atoms. The van der Waals surface area contributed by atoms with Crippen molar-refractivity contribution in [3.05, 3.63) is 74.8 Å². The lowest BCUT2D eigenvalue weighted by atomic mass is 10.1. The predicted molar refractivity (Wildman–Crippen MR) is 116 cm³/mol. The SMILES string of the molecule is Cc1ccc(Cn2cc(Br)c(NC(=S)Nc3cccc(Cl)c3C)n2)cc1. The first-order valence-corrected chi connectivity index (χ1v) is 9.62. The second kappa shape index (κ2) is 8.20. The van der Waals surface area contributed by atoms with Gasteiger partial charge in [0.25, 0.3) is 0 Å². The first-order chi connectivity index (χ1) is 12.4. The van der Waals surface area contributed by atoms with Crippen molar-refractivity contribution in [1.82, 2.24) is 9.78 Å². The van der Waals surface area contributed by atoms with Crippen LogP contribution in [0.5, 0.6) is 0 Å². The maximum atomic E-state index is 6.15. The number of thiocarbonyl (C=S) groups is 1. The van der Waals surface area contributed by atoms with Gasteiger partial charge >= 0.3 is 0 Å². The van der Waals surface area contributed by atoms with E-state index in [1.807, 2.05) is 36.0 Å². The molecule has 0 saturated heterocycles. The zero-order chi connectivity index (χ0) is 18.7. The lowest BCUT2D eigenvalue weighted by Gasteiger charge is -2.12. The Morgan fingerprint density at radius 3 is 2.62 bits per heavy atom. The van der Waals surface area contributed by atoms with Crippen molar-refractivity contribution in [3.63, 3.8) is 0 Å². The Bertz CT molecular complexity index is 937. The molecule has 7 heteroatoms. The zero-order valence-corrected chi connectivity index (χ0v) is 17.5. The Hall–Kier alpha value is -1.89. The van der Waals surface area contributed by atoms with Crippen LogP contribution >= 0.6 is 39.7 Å². The van der Waals surface area contributed by atoms with Crippen LogP contribution in [0.25, 0.3) is 0 Å². The van der Waals surface area contributed by atoms with E-state index in [1.54, 1.807) is 0 Å². The van der Waals surface area contributed by atoms with Crippen LogP contribution in [0.15, 0.2) is 53.1 Å². The molecule has 0 atom stereocenters. The Morgan fingerprint density at radius 1 is 1.15 bits per heavy atom. The van der Waals surface area contributed by atoms with Gasteiger partial charge in [-0.25, -0.2) is 0 Å². The molecule has 3 rings (SSSR count). The second-order valence-corrected chi connectivity index (χ2v) is 7.67.